The van der Waals surface area contributed by atoms with Gasteiger partial charge >= 0.3 is 6.03 Å². The minimum atomic E-state index is 0.0263. The van der Waals surface area contributed by atoms with Gasteiger partial charge in [-0.1, -0.05) is 30.3 Å². The third-order valence-corrected chi connectivity index (χ3v) is 3.80. The van der Waals surface area contributed by atoms with Gasteiger partial charge in [-0.2, -0.15) is 0 Å². The lowest BCUT2D eigenvalue weighted by Crippen LogP contribution is -2.49. The van der Waals surface area contributed by atoms with Crippen molar-refractivity contribution in [2.45, 2.75) is 25.4 Å². The fourth-order valence-electron chi connectivity index (χ4n) is 2.60. The van der Waals surface area contributed by atoms with Crippen LogP contribution in [0, 0.1) is 0 Å². The summed E-state index contributed by atoms with van der Waals surface area (Å²) in [5.41, 5.74) is 1.19. The van der Waals surface area contributed by atoms with Crippen LogP contribution in [0.25, 0.3) is 0 Å². The van der Waals surface area contributed by atoms with Gasteiger partial charge in [-0.15, -0.1) is 0 Å². The number of likely N-dealkylation sites (tertiary alicyclic amines) is 1. The fraction of sp³-hybridized carbons (Fsp3) is 0.533. The van der Waals surface area contributed by atoms with Gasteiger partial charge in [0.15, 0.2) is 0 Å². The molecule has 2 rings (SSSR count). The van der Waals surface area contributed by atoms with Gasteiger partial charge in [0.25, 0.3) is 0 Å². The lowest BCUT2D eigenvalue weighted by Gasteiger charge is -2.37. The van der Waals surface area contributed by atoms with E-state index < -0.39 is 0 Å². The topological polar surface area (TPSA) is 35.6 Å². The Balaban J connectivity index is 2.06. The molecule has 4 nitrogen and oxygen atoms in total. The lowest BCUT2D eigenvalue weighted by molar-refractivity contribution is 0.128. The summed E-state index contributed by atoms with van der Waals surface area (Å²) in [6.07, 6.45) is 2.10. The van der Waals surface area contributed by atoms with Crippen molar-refractivity contribution in [1.29, 1.82) is 0 Å². The van der Waals surface area contributed by atoms with E-state index in [9.17, 15) is 4.79 Å². The molecule has 2 amide bonds. The highest BCUT2D eigenvalue weighted by Crippen LogP contribution is 2.18. The van der Waals surface area contributed by atoms with E-state index in [0.29, 0.717) is 12.6 Å². The molecule has 1 aliphatic heterocycles. The maximum Gasteiger partial charge on any atom is 0.317 e. The molecule has 0 aliphatic carbocycles. The summed E-state index contributed by atoms with van der Waals surface area (Å²) in [7, 11) is 3.84. The summed E-state index contributed by atoms with van der Waals surface area (Å²) in [6.45, 7) is 2.81. The fourth-order valence-corrected chi connectivity index (χ4v) is 2.60. The first kappa shape index (κ1) is 13.9. The number of benzene rings is 1. The molecule has 104 valence electrons. The van der Waals surface area contributed by atoms with Crippen LogP contribution in [-0.2, 0) is 6.54 Å². The Morgan fingerprint density at radius 1 is 1.32 bits per heavy atom. The molecule has 1 heterocycles. The zero-order chi connectivity index (χ0) is 13.7. The van der Waals surface area contributed by atoms with Crippen LogP contribution in [0.3, 0.4) is 0 Å². The largest absolute Gasteiger partial charge is 0.341 e. The maximum absolute atomic E-state index is 12.1. The van der Waals surface area contributed by atoms with E-state index in [2.05, 4.69) is 29.4 Å². The van der Waals surface area contributed by atoms with Crippen molar-refractivity contribution < 1.29 is 4.79 Å². The van der Waals surface area contributed by atoms with E-state index in [1.807, 2.05) is 23.1 Å². The second kappa shape index (κ2) is 6.57. The lowest BCUT2D eigenvalue weighted by atomic mass is 10.0. The zero-order valence-electron chi connectivity index (χ0n) is 11.8. The summed E-state index contributed by atoms with van der Waals surface area (Å²) in [4.78, 5) is 16.4. The number of hydrogen-bond acceptors (Lipinski definition) is 2. The molecule has 1 fully saturated rings. The van der Waals surface area contributed by atoms with E-state index in [1.165, 1.54) is 5.56 Å². The SMILES string of the molecule is CNC(=O)N(Cc1ccccc1)C1CCN(C)CC1. The molecule has 1 N–H and O–H groups in total. The standard InChI is InChI=1S/C15H23N3O/c1-16-15(19)18(12-13-6-4-3-5-7-13)14-8-10-17(2)11-9-14/h3-7,14H,8-12H2,1-2H3,(H,16,19). The van der Waals surface area contributed by atoms with Gasteiger partial charge in [0, 0.05) is 19.6 Å². The molecule has 19 heavy (non-hydrogen) atoms. The molecule has 0 atom stereocenters. The Morgan fingerprint density at radius 3 is 2.53 bits per heavy atom. The van der Waals surface area contributed by atoms with E-state index in [4.69, 9.17) is 0 Å². The summed E-state index contributed by atoms with van der Waals surface area (Å²) in [5.74, 6) is 0. The highest BCUT2D eigenvalue weighted by molar-refractivity contribution is 5.74. The van der Waals surface area contributed by atoms with Gasteiger partial charge in [0.2, 0.25) is 0 Å². The summed E-state index contributed by atoms with van der Waals surface area (Å²) in [5, 5.41) is 2.77. The first-order chi connectivity index (χ1) is 9.20. The van der Waals surface area contributed by atoms with Crippen molar-refractivity contribution in [3.63, 3.8) is 0 Å². The molecule has 1 aromatic rings. The summed E-state index contributed by atoms with van der Waals surface area (Å²) >= 11 is 0. The van der Waals surface area contributed by atoms with Crippen molar-refractivity contribution in [3.8, 4) is 0 Å². The Morgan fingerprint density at radius 2 is 1.95 bits per heavy atom. The molecule has 0 radical (unpaired) electrons. The van der Waals surface area contributed by atoms with E-state index in [1.54, 1.807) is 7.05 Å². The van der Waals surface area contributed by atoms with Crippen LogP contribution in [0.15, 0.2) is 30.3 Å². The number of urea groups is 1. The van der Waals surface area contributed by atoms with Gasteiger partial charge in [-0.25, -0.2) is 4.79 Å². The summed E-state index contributed by atoms with van der Waals surface area (Å²) < 4.78 is 0. The first-order valence-corrected chi connectivity index (χ1v) is 6.91. The number of amides is 2. The Hall–Kier alpha value is -1.55. The molecule has 4 heteroatoms. The van der Waals surface area contributed by atoms with Crippen molar-refractivity contribution in [2.24, 2.45) is 0 Å². The molecule has 0 bridgehead atoms. The zero-order valence-corrected chi connectivity index (χ0v) is 11.8. The van der Waals surface area contributed by atoms with Crippen LogP contribution >= 0.6 is 0 Å². The van der Waals surface area contributed by atoms with Crippen LogP contribution in [0.5, 0.6) is 0 Å². The van der Waals surface area contributed by atoms with Crippen molar-refractivity contribution in [3.05, 3.63) is 35.9 Å². The molecule has 0 unspecified atom stereocenters. The molecule has 1 aromatic carbocycles. The second-order valence-corrected chi connectivity index (χ2v) is 5.20. The predicted molar refractivity (Wildman–Crippen MR) is 77.0 cm³/mol. The van der Waals surface area contributed by atoms with Gasteiger partial charge in [-0.05, 0) is 38.5 Å². The van der Waals surface area contributed by atoms with Gasteiger partial charge in [0.05, 0.1) is 0 Å². The molecule has 1 saturated heterocycles. The maximum atomic E-state index is 12.1. The monoisotopic (exact) mass is 261 g/mol. The number of piperidine rings is 1. The molecule has 0 spiro atoms. The quantitative estimate of drug-likeness (QED) is 0.902. The van der Waals surface area contributed by atoms with E-state index >= 15 is 0 Å². The number of carbonyl (C=O) groups is 1. The van der Waals surface area contributed by atoms with Gasteiger partial charge in [-0.3, -0.25) is 0 Å². The Labute approximate surface area is 115 Å². The number of nitrogens with zero attached hydrogens (tertiary/aromatic N) is 2. The molecule has 1 aliphatic rings. The van der Waals surface area contributed by atoms with Crippen molar-refractivity contribution in [2.75, 3.05) is 27.2 Å². The molecular weight excluding hydrogens is 238 g/mol. The average molecular weight is 261 g/mol. The van der Waals surface area contributed by atoms with E-state index in [-0.39, 0.29) is 6.03 Å². The van der Waals surface area contributed by atoms with Crippen molar-refractivity contribution >= 4 is 6.03 Å². The third-order valence-electron chi connectivity index (χ3n) is 3.80. The Kier molecular flexibility index (Phi) is 4.80. The Bertz CT molecular complexity index is 399. The minimum Gasteiger partial charge on any atom is -0.341 e. The van der Waals surface area contributed by atoms with Crippen LogP contribution in [0.2, 0.25) is 0 Å². The van der Waals surface area contributed by atoms with Gasteiger partial charge in [0.1, 0.15) is 0 Å². The predicted octanol–water partition coefficient (Wildman–Crippen LogP) is 1.92. The van der Waals surface area contributed by atoms with E-state index in [0.717, 1.165) is 25.9 Å². The highest BCUT2D eigenvalue weighted by Gasteiger charge is 2.26. The van der Waals surface area contributed by atoms with Crippen LogP contribution < -0.4 is 5.32 Å². The van der Waals surface area contributed by atoms with Crippen LogP contribution in [-0.4, -0.2) is 49.1 Å². The number of rotatable bonds is 3. The average Bonchev–Trinajstić information content (AvgIpc) is 2.46. The van der Waals surface area contributed by atoms with Gasteiger partial charge < -0.3 is 15.1 Å². The first-order valence-electron chi connectivity index (χ1n) is 6.91. The number of carbonyl (C=O) groups excluding carboxylic acids is 1. The minimum absolute atomic E-state index is 0.0263. The number of nitrogens with one attached hydrogen (secondary N) is 1. The number of hydrogen-bond donors (Lipinski definition) is 1. The highest BCUT2D eigenvalue weighted by atomic mass is 16.2. The van der Waals surface area contributed by atoms with Crippen molar-refractivity contribution in [1.82, 2.24) is 15.1 Å². The smallest absolute Gasteiger partial charge is 0.317 e. The molecular formula is C15H23N3O. The normalized spacial score (nSPS) is 17.2. The third kappa shape index (κ3) is 3.70. The second-order valence-electron chi connectivity index (χ2n) is 5.20. The van der Waals surface area contributed by atoms with Crippen LogP contribution in [0.1, 0.15) is 18.4 Å². The molecule has 0 aromatic heterocycles. The molecule has 0 saturated carbocycles. The summed E-state index contributed by atoms with van der Waals surface area (Å²) in [6, 6.07) is 10.6. The van der Waals surface area contributed by atoms with Crippen LogP contribution in [0.4, 0.5) is 4.79 Å².